The van der Waals surface area contributed by atoms with Gasteiger partial charge in [-0.05, 0) is 94.1 Å². The lowest BCUT2D eigenvalue weighted by Crippen LogP contribution is -2.54. The molecule has 2 amide bonds. The van der Waals surface area contributed by atoms with Crippen LogP contribution in [0.5, 0.6) is 5.75 Å². The van der Waals surface area contributed by atoms with Crippen molar-refractivity contribution in [3.8, 4) is 5.75 Å². The molecule has 256 valence electrons. The molecule has 5 rings (SSSR count). The molecular weight excluding hydrogens is 666 g/mol. The van der Waals surface area contributed by atoms with E-state index in [0.717, 1.165) is 31.6 Å². The number of amides is 2. The maximum atomic E-state index is 14.5. The molecule has 3 aromatic carbocycles. The van der Waals surface area contributed by atoms with Gasteiger partial charge in [0.15, 0.2) is 0 Å². The van der Waals surface area contributed by atoms with Gasteiger partial charge in [0.2, 0.25) is 0 Å². The number of ether oxygens (including phenoxy) is 1. The topological polar surface area (TPSA) is 68.7 Å². The maximum absolute atomic E-state index is 14.5. The number of nitrogens with zero attached hydrogens (tertiary/aromatic N) is 5. The van der Waals surface area contributed by atoms with Crippen LogP contribution in [-0.2, 0) is 15.8 Å². The number of alkyl halides is 3. The molecule has 0 aromatic heterocycles. The van der Waals surface area contributed by atoms with Crippen LogP contribution < -0.4 is 4.74 Å². The number of amidine groups is 1. The Hall–Kier alpha value is -3.64. The van der Waals surface area contributed by atoms with E-state index in [2.05, 4.69) is 9.80 Å². The van der Waals surface area contributed by atoms with E-state index >= 15 is 0 Å². The van der Waals surface area contributed by atoms with Gasteiger partial charge in [-0.15, -0.1) is 0 Å². The van der Waals surface area contributed by atoms with Gasteiger partial charge in [-0.2, -0.15) is 13.2 Å². The molecule has 2 aliphatic rings. The van der Waals surface area contributed by atoms with Crippen LogP contribution in [0.15, 0.2) is 71.7 Å². The molecule has 1 saturated heterocycles. The van der Waals surface area contributed by atoms with Crippen LogP contribution in [0.2, 0.25) is 10.0 Å². The largest absolute Gasteiger partial charge is 0.493 e. The molecule has 48 heavy (non-hydrogen) atoms. The van der Waals surface area contributed by atoms with Crippen LogP contribution in [0.25, 0.3) is 0 Å². The average molecular weight is 705 g/mol. The zero-order valence-corrected chi connectivity index (χ0v) is 28.5. The van der Waals surface area contributed by atoms with Crippen molar-refractivity contribution >= 4 is 40.9 Å². The smallest absolute Gasteiger partial charge is 0.416 e. The van der Waals surface area contributed by atoms with Gasteiger partial charge in [-0.1, -0.05) is 47.5 Å². The van der Waals surface area contributed by atoms with Crippen LogP contribution in [0.4, 0.5) is 13.2 Å². The van der Waals surface area contributed by atoms with Gasteiger partial charge < -0.3 is 14.5 Å². The van der Waals surface area contributed by atoms with Crippen molar-refractivity contribution in [2.45, 2.75) is 31.6 Å². The molecule has 3 aromatic rings. The Morgan fingerprint density at radius 2 is 1.50 bits per heavy atom. The van der Waals surface area contributed by atoms with Crippen molar-refractivity contribution in [3.63, 3.8) is 0 Å². The van der Waals surface area contributed by atoms with Gasteiger partial charge in [-0.3, -0.25) is 24.4 Å². The fourth-order valence-corrected chi connectivity index (χ4v) is 6.30. The van der Waals surface area contributed by atoms with Gasteiger partial charge in [-0.25, -0.2) is 0 Å². The molecule has 8 nitrogen and oxygen atoms in total. The second-order valence-corrected chi connectivity index (χ2v) is 12.9. The summed E-state index contributed by atoms with van der Waals surface area (Å²) in [6.45, 7) is 5.52. The molecule has 2 atom stereocenters. The Morgan fingerprint density at radius 1 is 0.896 bits per heavy atom. The fraction of sp³-hybridized carbons (Fsp3) is 0.400. The molecule has 2 heterocycles. The summed E-state index contributed by atoms with van der Waals surface area (Å²) in [5, 5.41) is 0.967. The number of hydrogen-bond acceptors (Lipinski definition) is 6. The van der Waals surface area contributed by atoms with E-state index in [1.165, 1.54) is 15.9 Å². The maximum Gasteiger partial charge on any atom is 0.416 e. The van der Waals surface area contributed by atoms with Crippen LogP contribution in [-0.4, -0.2) is 97.2 Å². The van der Waals surface area contributed by atoms with Crippen molar-refractivity contribution in [3.05, 3.63) is 99.0 Å². The fourth-order valence-electron chi connectivity index (χ4n) is 6.05. The highest BCUT2D eigenvalue weighted by Crippen LogP contribution is 2.46. The average Bonchev–Trinajstić information content (AvgIpc) is 3.45. The number of carbonyl (C=O) groups is 2. The second kappa shape index (κ2) is 15.3. The van der Waals surface area contributed by atoms with E-state index in [9.17, 15) is 22.8 Å². The number of rotatable bonds is 9. The zero-order valence-electron chi connectivity index (χ0n) is 27.0. The minimum atomic E-state index is -4.63. The van der Waals surface area contributed by atoms with Gasteiger partial charge in [0.1, 0.15) is 17.6 Å². The van der Waals surface area contributed by atoms with Crippen molar-refractivity contribution < 1.29 is 27.5 Å². The third kappa shape index (κ3) is 8.14. The van der Waals surface area contributed by atoms with Gasteiger partial charge in [0.25, 0.3) is 0 Å². The number of aliphatic imine (C=N–C) groups is 1. The minimum Gasteiger partial charge on any atom is -0.493 e. The Morgan fingerprint density at radius 3 is 2.06 bits per heavy atom. The first-order chi connectivity index (χ1) is 22.9. The molecule has 0 spiro atoms. The standard InChI is InChI=1S/C35H38Cl2F3N5O3/c1-4-48-29-22-25(35(38,39)40)10-15-28(29)32-41-30(23-6-11-26(36)12-7-23)31(24-8-13-27(37)14-9-24)45(32)34(47)33(46)44-20-18-43(19-21-44)17-5-16-42(2)3/h6-15,22,30-31H,4-5,16-21H2,1-3H3. The Balaban J connectivity index is 1.56. The van der Waals surface area contributed by atoms with Gasteiger partial charge in [0.05, 0.1) is 23.8 Å². The molecule has 0 N–H and O–H groups in total. The summed E-state index contributed by atoms with van der Waals surface area (Å²) in [5.74, 6) is -1.62. The van der Waals surface area contributed by atoms with E-state index in [1.54, 1.807) is 55.5 Å². The van der Waals surface area contributed by atoms with Crippen molar-refractivity contribution in [1.82, 2.24) is 19.6 Å². The van der Waals surface area contributed by atoms with Crippen molar-refractivity contribution in [1.29, 1.82) is 0 Å². The second-order valence-electron chi connectivity index (χ2n) is 12.1. The highest BCUT2D eigenvalue weighted by Gasteiger charge is 2.46. The Labute approximate surface area is 288 Å². The molecule has 0 radical (unpaired) electrons. The molecule has 2 unspecified atom stereocenters. The summed E-state index contributed by atoms with van der Waals surface area (Å²) in [5.41, 5.74) is 0.576. The predicted octanol–water partition coefficient (Wildman–Crippen LogP) is 6.58. The van der Waals surface area contributed by atoms with Crippen molar-refractivity contribution in [2.24, 2.45) is 4.99 Å². The predicted molar refractivity (Wildman–Crippen MR) is 181 cm³/mol. The third-order valence-electron chi connectivity index (χ3n) is 8.48. The summed E-state index contributed by atoms with van der Waals surface area (Å²) in [6.07, 6.45) is -3.64. The van der Waals surface area contributed by atoms with Crippen molar-refractivity contribution in [2.75, 3.05) is 60.0 Å². The lowest BCUT2D eigenvalue weighted by atomic mass is 9.93. The van der Waals surface area contributed by atoms with Gasteiger partial charge >= 0.3 is 18.0 Å². The molecular formula is C35H38Cl2F3N5O3. The summed E-state index contributed by atoms with van der Waals surface area (Å²) >= 11 is 12.4. The number of benzene rings is 3. The number of piperazine rings is 1. The highest BCUT2D eigenvalue weighted by atomic mass is 35.5. The Bertz CT molecular complexity index is 1630. The first-order valence-electron chi connectivity index (χ1n) is 15.8. The molecule has 0 aliphatic carbocycles. The normalized spacial score (nSPS) is 18.7. The molecule has 2 aliphatic heterocycles. The summed E-state index contributed by atoms with van der Waals surface area (Å²) in [6, 6.07) is 15.3. The lowest BCUT2D eigenvalue weighted by Gasteiger charge is -2.36. The monoisotopic (exact) mass is 703 g/mol. The number of carbonyl (C=O) groups excluding carboxylic acids is 2. The first kappa shape index (κ1) is 35.7. The molecule has 0 saturated carbocycles. The van der Waals surface area contributed by atoms with E-state index < -0.39 is 35.6 Å². The third-order valence-corrected chi connectivity index (χ3v) is 8.98. The molecule has 13 heteroatoms. The SMILES string of the molecule is CCOc1cc(C(F)(F)F)ccc1C1=NC(c2ccc(Cl)cc2)C(c2ccc(Cl)cc2)N1C(=O)C(=O)N1CCN(CCCN(C)C)CC1. The van der Waals surface area contributed by atoms with Gasteiger partial charge in [0, 0.05) is 36.2 Å². The van der Waals surface area contributed by atoms with Crippen LogP contribution in [0.3, 0.4) is 0 Å². The summed E-state index contributed by atoms with van der Waals surface area (Å²) < 4.78 is 47.0. The van der Waals surface area contributed by atoms with Crippen LogP contribution in [0, 0.1) is 0 Å². The number of halogens is 5. The minimum absolute atomic E-state index is 0.0349. The van der Waals surface area contributed by atoms with E-state index in [4.69, 9.17) is 32.9 Å². The number of hydrogen-bond donors (Lipinski definition) is 0. The molecule has 0 bridgehead atoms. The highest BCUT2D eigenvalue weighted by molar-refractivity contribution is 6.39. The summed E-state index contributed by atoms with van der Waals surface area (Å²) in [7, 11) is 4.05. The molecule has 1 fully saturated rings. The van der Waals surface area contributed by atoms with E-state index in [-0.39, 0.29) is 23.8 Å². The Kier molecular flexibility index (Phi) is 11.4. The van der Waals surface area contributed by atoms with E-state index in [0.29, 0.717) is 47.4 Å². The quantitative estimate of drug-likeness (QED) is 0.236. The van der Waals surface area contributed by atoms with Crippen LogP contribution in [0.1, 0.15) is 47.7 Å². The van der Waals surface area contributed by atoms with Crippen LogP contribution >= 0.6 is 23.2 Å². The lowest BCUT2D eigenvalue weighted by molar-refractivity contribution is -0.151. The van der Waals surface area contributed by atoms with E-state index in [1.807, 2.05) is 14.1 Å². The zero-order chi connectivity index (χ0) is 34.6. The summed E-state index contributed by atoms with van der Waals surface area (Å²) in [4.78, 5) is 40.7. The first-order valence-corrected chi connectivity index (χ1v) is 16.6.